The molecule has 11 heteroatoms. The van der Waals surface area contributed by atoms with E-state index in [9.17, 15) is 14.9 Å². The van der Waals surface area contributed by atoms with Crippen LogP contribution in [-0.4, -0.2) is 32.3 Å². The first-order chi connectivity index (χ1) is 14.0. The van der Waals surface area contributed by atoms with E-state index in [1.54, 1.807) is 24.5 Å². The van der Waals surface area contributed by atoms with Gasteiger partial charge in [-0.3, -0.25) is 14.9 Å². The number of amides is 1. The van der Waals surface area contributed by atoms with E-state index in [1.807, 2.05) is 6.07 Å². The lowest BCUT2D eigenvalue weighted by atomic mass is 10.0. The Hall–Kier alpha value is -3.73. The Morgan fingerprint density at radius 3 is 2.79 bits per heavy atom. The van der Waals surface area contributed by atoms with Crippen molar-refractivity contribution in [3.05, 3.63) is 58.1 Å². The van der Waals surface area contributed by atoms with Crippen LogP contribution in [-0.2, 0) is 10.5 Å². The van der Waals surface area contributed by atoms with Crippen molar-refractivity contribution >= 4 is 34.7 Å². The van der Waals surface area contributed by atoms with Gasteiger partial charge >= 0.3 is 0 Å². The van der Waals surface area contributed by atoms with E-state index in [4.69, 9.17) is 4.74 Å². The normalized spacial score (nSPS) is 18.6. The average molecular weight is 408 g/mol. The first-order valence-electron chi connectivity index (χ1n) is 8.47. The molecule has 2 aliphatic rings. The lowest BCUT2D eigenvalue weighted by Gasteiger charge is -2.28. The van der Waals surface area contributed by atoms with Gasteiger partial charge in [0.2, 0.25) is 11.0 Å². The van der Waals surface area contributed by atoms with Gasteiger partial charge < -0.3 is 15.4 Å². The summed E-state index contributed by atoms with van der Waals surface area (Å²) >= 11 is 1.28. The number of fused-ring (bicyclic) bond motifs is 5. The molecule has 1 spiro atoms. The van der Waals surface area contributed by atoms with Crippen LogP contribution in [0.3, 0.4) is 0 Å². The highest BCUT2D eigenvalue weighted by molar-refractivity contribution is 7.98. The summed E-state index contributed by atoms with van der Waals surface area (Å²) in [7, 11) is 0. The topological polar surface area (TPSA) is 132 Å². The van der Waals surface area contributed by atoms with Crippen molar-refractivity contribution in [2.75, 3.05) is 16.9 Å². The van der Waals surface area contributed by atoms with E-state index < -0.39 is 16.6 Å². The van der Waals surface area contributed by atoms with E-state index in [-0.39, 0.29) is 11.6 Å². The molecule has 0 unspecified atom stereocenters. The zero-order valence-electron chi connectivity index (χ0n) is 14.9. The van der Waals surface area contributed by atoms with Gasteiger partial charge in [0, 0.05) is 23.4 Å². The first kappa shape index (κ1) is 17.4. The highest BCUT2D eigenvalue weighted by Crippen LogP contribution is 2.47. The van der Waals surface area contributed by atoms with Gasteiger partial charge in [0.25, 0.3) is 17.3 Å². The number of nitrogens with zero attached hydrogens (tertiary/aromatic N) is 4. The summed E-state index contributed by atoms with van der Waals surface area (Å²) in [5.41, 5.74) is 0.397. The maximum absolute atomic E-state index is 13.1. The van der Waals surface area contributed by atoms with E-state index in [2.05, 4.69) is 25.8 Å². The SMILES string of the molecule is CSc1nnc2c(n1)O[C@@]1(Nc3ccccc3-2)C(=O)Nc2ccc([N+](=O)[O-])cc21. The minimum absolute atomic E-state index is 0.108. The summed E-state index contributed by atoms with van der Waals surface area (Å²) in [5, 5.41) is 25.8. The predicted molar refractivity (Wildman–Crippen MR) is 105 cm³/mol. The summed E-state index contributed by atoms with van der Waals surface area (Å²) in [6, 6.07) is 11.3. The molecule has 0 fully saturated rings. The minimum atomic E-state index is -1.74. The fourth-order valence-corrected chi connectivity index (χ4v) is 3.68. The number of thioether (sulfide) groups is 1. The van der Waals surface area contributed by atoms with Crippen LogP contribution in [0.1, 0.15) is 5.56 Å². The second-order valence-corrected chi connectivity index (χ2v) is 7.12. The molecule has 0 saturated heterocycles. The number of anilines is 2. The molecule has 0 saturated carbocycles. The van der Waals surface area contributed by atoms with E-state index in [0.717, 1.165) is 0 Å². The van der Waals surface area contributed by atoms with Crippen molar-refractivity contribution in [3.8, 4) is 17.1 Å². The Morgan fingerprint density at radius 2 is 2.00 bits per heavy atom. The Morgan fingerprint density at radius 1 is 1.17 bits per heavy atom. The van der Waals surface area contributed by atoms with Gasteiger partial charge in [-0.2, -0.15) is 4.98 Å². The Bertz CT molecular complexity index is 1200. The number of aromatic nitrogens is 3. The van der Waals surface area contributed by atoms with Crippen LogP contribution in [0.2, 0.25) is 0 Å². The quantitative estimate of drug-likeness (QED) is 0.373. The Labute approximate surface area is 167 Å². The van der Waals surface area contributed by atoms with Crippen molar-refractivity contribution in [3.63, 3.8) is 0 Å². The summed E-state index contributed by atoms with van der Waals surface area (Å²) < 4.78 is 6.13. The van der Waals surface area contributed by atoms with Gasteiger partial charge in [-0.1, -0.05) is 30.0 Å². The molecule has 2 aliphatic heterocycles. The Kier molecular flexibility index (Phi) is 3.68. The summed E-state index contributed by atoms with van der Waals surface area (Å²) in [6.45, 7) is 0. The second kappa shape index (κ2) is 6.14. The molecule has 29 heavy (non-hydrogen) atoms. The molecule has 0 aliphatic carbocycles. The number of non-ortho nitro benzene ring substituents is 1. The lowest BCUT2D eigenvalue weighted by Crippen LogP contribution is -2.47. The number of nitro groups is 1. The highest BCUT2D eigenvalue weighted by atomic mass is 32.2. The monoisotopic (exact) mass is 408 g/mol. The number of ether oxygens (including phenoxy) is 1. The second-order valence-electron chi connectivity index (χ2n) is 6.35. The van der Waals surface area contributed by atoms with E-state index in [0.29, 0.717) is 33.4 Å². The average Bonchev–Trinajstić information content (AvgIpc) is 2.90. The maximum Gasteiger partial charge on any atom is 0.295 e. The molecule has 1 atom stereocenters. The molecule has 10 nitrogen and oxygen atoms in total. The van der Waals surface area contributed by atoms with Crippen LogP contribution in [0.4, 0.5) is 17.1 Å². The molecular formula is C18H12N6O4S. The van der Waals surface area contributed by atoms with Gasteiger partial charge in [0.1, 0.15) is 0 Å². The number of hydrogen-bond acceptors (Lipinski definition) is 9. The van der Waals surface area contributed by atoms with Gasteiger partial charge in [0.05, 0.1) is 16.2 Å². The number of nitro benzene ring substituents is 1. The smallest absolute Gasteiger partial charge is 0.295 e. The highest BCUT2D eigenvalue weighted by Gasteiger charge is 2.53. The minimum Gasteiger partial charge on any atom is -0.435 e. The molecule has 1 amide bonds. The van der Waals surface area contributed by atoms with E-state index in [1.165, 1.54) is 30.0 Å². The standard InChI is InChI=1S/C18H12N6O4S/c1-29-17-20-15-14(22-23-17)10-4-2-3-5-12(10)21-18(28-15)11-8-9(24(26)27)6-7-13(11)19-16(18)25/h2-8,21H,1H3,(H,19,25)/t18-/m1/s1. The van der Waals surface area contributed by atoms with Gasteiger partial charge in [-0.25, -0.2) is 0 Å². The van der Waals surface area contributed by atoms with Crippen LogP contribution in [0.25, 0.3) is 11.3 Å². The fourth-order valence-electron chi connectivity index (χ4n) is 3.39. The number of rotatable bonds is 2. The van der Waals surface area contributed by atoms with Crippen LogP contribution >= 0.6 is 11.8 Å². The number of benzene rings is 2. The predicted octanol–water partition coefficient (Wildman–Crippen LogP) is 2.78. The maximum atomic E-state index is 13.1. The molecule has 2 aromatic carbocycles. The molecule has 3 heterocycles. The number of para-hydroxylation sites is 1. The van der Waals surface area contributed by atoms with Gasteiger partial charge in [-0.15, -0.1) is 10.2 Å². The molecule has 5 rings (SSSR count). The van der Waals surface area contributed by atoms with Crippen LogP contribution in [0, 0.1) is 10.1 Å². The third kappa shape index (κ3) is 2.51. The summed E-state index contributed by atoms with van der Waals surface area (Å²) in [4.78, 5) is 28.3. The van der Waals surface area contributed by atoms with Gasteiger partial charge in [0.15, 0.2) is 5.69 Å². The molecule has 3 aromatic rings. The molecule has 144 valence electrons. The van der Waals surface area contributed by atoms with Crippen molar-refractivity contribution in [2.45, 2.75) is 10.9 Å². The molecule has 0 radical (unpaired) electrons. The number of carbonyl (C=O) groups excluding carboxylic acids is 1. The molecular weight excluding hydrogens is 396 g/mol. The summed E-state index contributed by atoms with van der Waals surface area (Å²) in [5.74, 6) is -0.406. The summed E-state index contributed by atoms with van der Waals surface area (Å²) in [6.07, 6.45) is 1.79. The Balaban J connectivity index is 1.78. The van der Waals surface area contributed by atoms with Crippen molar-refractivity contribution in [1.29, 1.82) is 0 Å². The lowest BCUT2D eigenvalue weighted by molar-refractivity contribution is -0.385. The third-order valence-corrected chi connectivity index (χ3v) is 5.26. The van der Waals surface area contributed by atoms with Gasteiger partial charge in [-0.05, 0) is 18.4 Å². The molecule has 1 aromatic heterocycles. The number of carbonyl (C=O) groups is 1. The van der Waals surface area contributed by atoms with Crippen molar-refractivity contribution in [2.24, 2.45) is 0 Å². The van der Waals surface area contributed by atoms with Crippen molar-refractivity contribution in [1.82, 2.24) is 15.2 Å². The number of hydrogen-bond donors (Lipinski definition) is 2. The number of nitrogens with one attached hydrogen (secondary N) is 2. The van der Waals surface area contributed by atoms with Crippen LogP contribution in [0.5, 0.6) is 5.88 Å². The van der Waals surface area contributed by atoms with Crippen LogP contribution in [0.15, 0.2) is 47.6 Å². The first-order valence-corrected chi connectivity index (χ1v) is 9.70. The third-order valence-electron chi connectivity index (χ3n) is 4.72. The molecule has 0 bridgehead atoms. The van der Waals surface area contributed by atoms with Crippen LogP contribution < -0.4 is 15.4 Å². The van der Waals surface area contributed by atoms with Crippen molar-refractivity contribution < 1.29 is 14.5 Å². The van der Waals surface area contributed by atoms with E-state index >= 15 is 0 Å². The zero-order chi connectivity index (χ0) is 20.2. The fraction of sp³-hybridized carbons (Fsp3) is 0.111. The largest absolute Gasteiger partial charge is 0.435 e. The zero-order valence-corrected chi connectivity index (χ0v) is 15.7. The molecule has 2 N–H and O–H groups in total.